The second-order valence-electron chi connectivity index (χ2n) is 5.18. The zero-order valence-electron chi connectivity index (χ0n) is 13.1. The molecule has 0 aliphatic carbocycles. The molecule has 0 aliphatic heterocycles. The number of carboxylic acid groups (broad SMARTS) is 1. The number of nitrogens with one attached hydrogen (secondary N) is 2. The minimum absolute atomic E-state index is 0.107. The van der Waals surface area contributed by atoms with E-state index in [-0.39, 0.29) is 24.5 Å². The van der Waals surface area contributed by atoms with E-state index in [0.29, 0.717) is 0 Å². The van der Waals surface area contributed by atoms with Crippen molar-refractivity contribution in [2.24, 2.45) is 0 Å². The molecule has 25 heavy (non-hydrogen) atoms. The van der Waals surface area contributed by atoms with Crippen molar-refractivity contribution in [2.75, 3.05) is 0 Å². The Balaban J connectivity index is 2.12. The number of hydrogen-bond donors (Lipinski definition) is 3. The molecule has 0 aromatic carbocycles. The number of halogens is 3. The number of hydrogen-bond acceptors (Lipinski definition) is 6. The van der Waals surface area contributed by atoms with Crippen LogP contribution in [-0.4, -0.2) is 53.0 Å². The number of aromatic nitrogens is 6. The van der Waals surface area contributed by atoms with Gasteiger partial charge < -0.3 is 10.4 Å². The predicted octanol–water partition coefficient (Wildman–Crippen LogP) is 0.696. The van der Waals surface area contributed by atoms with E-state index < -0.39 is 35.9 Å². The van der Waals surface area contributed by atoms with Crippen molar-refractivity contribution in [2.45, 2.75) is 38.9 Å². The van der Waals surface area contributed by atoms with Crippen molar-refractivity contribution in [1.82, 2.24) is 35.3 Å². The zero-order valence-corrected chi connectivity index (χ0v) is 13.1. The molecular weight excluding hydrogens is 347 g/mol. The molecule has 3 N–H and O–H groups in total. The molecule has 0 fully saturated rings. The van der Waals surface area contributed by atoms with Gasteiger partial charge in [-0.25, -0.2) is 4.98 Å². The number of carboxylic acids is 1. The van der Waals surface area contributed by atoms with E-state index in [1.54, 1.807) is 12.0 Å². The second-order valence-corrected chi connectivity index (χ2v) is 5.18. The largest absolute Gasteiger partial charge is 0.481 e. The summed E-state index contributed by atoms with van der Waals surface area (Å²) in [6, 6.07) is -0.448. The summed E-state index contributed by atoms with van der Waals surface area (Å²) in [6.45, 7) is 3.02. The van der Waals surface area contributed by atoms with E-state index in [2.05, 4.69) is 25.5 Å². The summed E-state index contributed by atoms with van der Waals surface area (Å²) in [4.78, 5) is 29.7. The molecule has 2 rings (SSSR count). The smallest absolute Gasteiger partial charge is 0.451 e. The number of carbonyl (C=O) groups is 2. The van der Waals surface area contributed by atoms with E-state index >= 15 is 0 Å². The summed E-state index contributed by atoms with van der Waals surface area (Å²) in [7, 11) is 0. The highest BCUT2D eigenvalue weighted by molar-refractivity contribution is 5.90. The van der Waals surface area contributed by atoms with Gasteiger partial charge in [0.15, 0.2) is 0 Å². The number of H-pyrrole nitrogens is 1. The summed E-state index contributed by atoms with van der Waals surface area (Å²) in [5.41, 5.74) is 0. The lowest BCUT2D eigenvalue weighted by Crippen LogP contribution is -2.33. The van der Waals surface area contributed by atoms with Gasteiger partial charge in [-0.05, 0) is 20.3 Å². The molecule has 1 unspecified atom stereocenters. The minimum Gasteiger partial charge on any atom is -0.481 e. The Morgan fingerprint density at radius 1 is 1.36 bits per heavy atom. The molecular formula is C12H14F3N7O3. The predicted molar refractivity (Wildman–Crippen MR) is 74.8 cm³/mol. The molecule has 0 spiro atoms. The molecule has 136 valence electrons. The summed E-state index contributed by atoms with van der Waals surface area (Å²) < 4.78 is 38.5. The number of rotatable bonds is 6. The van der Waals surface area contributed by atoms with E-state index in [1.807, 2.05) is 0 Å². The standard InChI is InChI=1S/C12H14F3N7O3/c1-5(3-4-7(23)24)16-9(25)8-17-6(2)22(21-8)11-18-10(19-20-11)12(13,14)15/h5H,3-4H2,1-2H3,(H,16,25)(H,23,24)(H,18,19,20). The van der Waals surface area contributed by atoms with Crippen LogP contribution < -0.4 is 5.32 Å². The van der Waals surface area contributed by atoms with Gasteiger partial charge in [-0.2, -0.15) is 22.8 Å². The molecule has 2 aromatic heterocycles. The third-order valence-corrected chi connectivity index (χ3v) is 3.07. The van der Waals surface area contributed by atoms with Crippen LogP contribution in [0.1, 0.15) is 42.0 Å². The Hall–Kier alpha value is -2.99. The third-order valence-electron chi connectivity index (χ3n) is 3.07. The Morgan fingerprint density at radius 3 is 2.60 bits per heavy atom. The highest BCUT2D eigenvalue weighted by Gasteiger charge is 2.35. The van der Waals surface area contributed by atoms with Gasteiger partial charge in [0.25, 0.3) is 11.9 Å². The lowest BCUT2D eigenvalue weighted by Gasteiger charge is -2.10. The molecule has 2 aromatic rings. The van der Waals surface area contributed by atoms with Crippen molar-refractivity contribution < 1.29 is 27.9 Å². The fourth-order valence-corrected chi connectivity index (χ4v) is 1.85. The first-order chi connectivity index (χ1) is 11.6. The summed E-state index contributed by atoms with van der Waals surface area (Å²) in [5.74, 6) is -3.58. The van der Waals surface area contributed by atoms with Gasteiger partial charge in [0, 0.05) is 12.5 Å². The van der Waals surface area contributed by atoms with E-state index in [4.69, 9.17) is 5.11 Å². The quantitative estimate of drug-likeness (QED) is 0.688. The zero-order chi connectivity index (χ0) is 18.8. The highest BCUT2D eigenvalue weighted by atomic mass is 19.4. The lowest BCUT2D eigenvalue weighted by molar-refractivity contribution is -0.144. The Morgan fingerprint density at radius 2 is 2.04 bits per heavy atom. The maximum absolute atomic E-state index is 12.5. The van der Waals surface area contributed by atoms with E-state index in [0.717, 1.165) is 4.68 Å². The number of aliphatic carboxylic acids is 1. The Labute approximate surface area is 138 Å². The summed E-state index contributed by atoms with van der Waals surface area (Å²) in [5, 5.41) is 20.0. The first-order valence-electron chi connectivity index (χ1n) is 7.04. The van der Waals surface area contributed by atoms with Crippen LogP contribution in [0.2, 0.25) is 0 Å². The Bertz CT molecular complexity index is 783. The molecule has 2 heterocycles. The maximum atomic E-state index is 12.5. The minimum atomic E-state index is -4.69. The van der Waals surface area contributed by atoms with Crippen LogP contribution in [0.15, 0.2) is 0 Å². The highest BCUT2D eigenvalue weighted by Crippen LogP contribution is 2.26. The monoisotopic (exact) mass is 361 g/mol. The van der Waals surface area contributed by atoms with Gasteiger partial charge in [-0.15, -0.1) is 10.2 Å². The molecule has 0 bridgehead atoms. The topological polar surface area (TPSA) is 139 Å². The fraction of sp³-hybridized carbons (Fsp3) is 0.500. The number of alkyl halides is 3. The second kappa shape index (κ2) is 6.86. The van der Waals surface area contributed by atoms with Crippen LogP contribution >= 0.6 is 0 Å². The molecule has 0 saturated carbocycles. The van der Waals surface area contributed by atoms with Crippen molar-refractivity contribution in [3.05, 3.63) is 17.5 Å². The first-order valence-corrected chi connectivity index (χ1v) is 7.04. The number of aryl methyl sites for hydroxylation is 1. The van der Waals surface area contributed by atoms with Crippen LogP contribution in [0.3, 0.4) is 0 Å². The van der Waals surface area contributed by atoms with Crippen LogP contribution in [0, 0.1) is 6.92 Å². The van der Waals surface area contributed by atoms with Crippen molar-refractivity contribution in [1.29, 1.82) is 0 Å². The molecule has 13 heteroatoms. The average molecular weight is 361 g/mol. The van der Waals surface area contributed by atoms with Crippen molar-refractivity contribution >= 4 is 11.9 Å². The van der Waals surface area contributed by atoms with Gasteiger partial charge >= 0.3 is 12.1 Å². The van der Waals surface area contributed by atoms with Gasteiger partial charge in [0.05, 0.1) is 0 Å². The lowest BCUT2D eigenvalue weighted by atomic mass is 10.2. The fourth-order valence-electron chi connectivity index (χ4n) is 1.85. The van der Waals surface area contributed by atoms with Crippen molar-refractivity contribution in [3.63, 3.8) is 0 Å². The van der Waals surface area contributed by atoms with Gasteiger partial charge in [-0.3, -0.25) is 14.7 Å². The molecule has 10 nitrogen and oxygen atoms in total. The number of amides is 1. The Kier molecular flexibility index (Phi) is 5.04. The molecule has 1 amide bonds. The summed E-state index contributed by atoms with van der Waals surface area (Å²) >= 11 is 0. The van der Waals surface area contributed by atoms with Crippen molar-refractivity contribution in [3.8, 4) is 5.95 Å². The van der Waals surface area contributed by atoms with Gasteiger partial charge in [0.2, 0.25) is 11.6 Å². The first kappa shape index (κ1) is 18.4. The van der Waals surface area contributed by atoms with E-state index in [1.165, 1.54) is 6.92 Å². The van der Waals surface area contributed by atoms with Gasteiger partial charge in [0.1, 0.15) is 5.82 Å². The maximum Gasteiger partial charge on any atom is 0.451 e. The van der Waals surface area contributed by atoms with Gasteiger partial charge in [-0.1, -0.05) is 0 Å². The summed E-state index contributed by atoms with van der Waals surface area (Å²) in [6.07, 6.45) is -4.62. The van der Waals surface area contributed by atoms with Crippen LogP contribution in [0.25, 0.3) is 5.95 Å². The van der Waals surface area contributed by atoms with E-state index in [9.17, 15) is 22.8 Å². The SMILES string of the molecule is Cc1nc(C(=O)NC(C)CCC(=O)O)nn1-c1n[nH]c(C(F)(F)F)n1. The molecule has 1 atom stereocenters. The molecule has 0 radical (unpaired) electrons. The molecule has 0 saturated heterocycles. The van der Waals surface area contributed by atoms with Crippen LogP contribution in [-0.2, 0) is 11.0 Å². The average Bonchev–Trinajstić information content (AvgIpc) is 3.11. The number of carbonyl (C=O) groups excluding carboxylic acids is 1. The normalized spacial score (nSPS) is 12.8. The number of aromatic amines is 1. The van der Waals surface area contributed by atoms with Crippen LogP contribution in [0.4, 0.5) is 13.2 Å². The third kappa shape index (κ3) is 4.51. The van der Waals surface area contributed by atoms with Crippen LogP contribution in [0.5, 0.6) is 0 Å². The number of nitrogens with zero attached hydrogens (tertiary/aromatic N) is 5. The molecule has 0 aliphatic rings.